The summed E-state index contributed by atoms with van der Waals surface area (Å²) in [4.78, 5) is 46.2. The van der Waals surface area contributed by atoms with Gasteiger partial charge in [0, 0.05) is 0 Å². The molecule has 4 rings (SSSR count). The van der Waals surface area contributed by atoms with Crippen LogP contribution in [-0.4, -0.2) is 59.8 Å². The molecule has 0 unspecified atom stereocenters. The molecule has 0 fully saturated rings. The van der Waals surface area contributed by atoms with E-state index in [1.54, 1.807) is 0 Å². The highest BCUT2D eigenvalue weighted by Crippen LogP contribution is 2.16. The van der Waals surface area contributed by atoms with E-state index < -0.39 is 0 Å². The Morgan fingerprint density at radius 3 is 0.659 bits per heavy atom. The predicted octanol–water partition coefficient (Wildman–Crippen LogP) is -5.75. The summed E-state index contributed by atoms with van der Waals surface area (Å²) in [6.07, 6.45) is 0. The van der Waals surface area contributed by atoms with Crippen LogP contribution in [0.5, 0.6) is 0 Å². The molecule has 0 aromatic carbocycles. The molecule has 0 radical (unpaired) electrons. The fourth-order valence-corrected chi connectivity index (χ4v) is 2.40. The van der Waals surface area contributed by atoms with Gasteiger partial charge in [-0.2, -0.15) is 59.8 Å². The molecule has 0 amide bonds. The molecule has 32 heteroatoms. The smallest absolute Gasteiger partial charge is 0.275 e. The molecule has 0 atom stereocenters. The Hall–Kier alpha value is -6.68. The van der Waals surface area contributed by atoms with Crippen LogP contribution in [-0.2, 0) is 0 Å². The summed E-state index contributed by atoms with van der Waals surface area (Å²) in [6.45, 7) is 0. The Balaban J connectivity index is 0.000000240. The third-order valence-electron chi connectivity index (χ3n) is 4.07. The normalized spacial score (nSPS) is 10.2. The summed E-state index contributed by atoms with van der Waals surface area (Å²) in [5, 5.41) is 7.45. The number of hydrazine groups is 9. The fraction of sp³-hybridized carbons (Fsp3) is 0. The summed E-state index contributed by atoms with van der Waals surface area (Å²) in [5.41, 5.74) is 23.2. The Bertz CT molecular complexity index is 1320. The Morgan fingerprint density at radius 2 is 0.455 bits per heavy atom. The zero-order valence-corrected chi connectivity index (χ0v) is 21.9. The van der Waals surface area contributed by atoms with E-state index in [9.17, 15) is 0 Å². The average molecular weight is 619 g/mol. The van der Waals surface area contributed by atoms with Gasteiger partial charge in [-0.15, -0.1) is 10.2 Å². The lowest BCUT2D eigenvalue weighted by molar-refractivity contribution is 0.950. The molecule has 0 saturated carbocycles. The van der Waals surface area contributed by atoms with Crippen molar-refractivity contribution in [1.29, 1.82) is 0 Å². The van der Waals surface area contributed by atoms with Gasteiger partial charge in [-0.05, 0) is 0 Å². The number of rotatable bonds is 13. The third kappa shape index (κ3) is 9.18. The van der Waals surface area contributed by atoms with Crippen molar-refractivity contribution in [2.75, 3.05) is 54.3 Å². The zero-order valence-electron chi connectivity index (χ0n) is 21.9. The van der Waals surface area contributed by atoms with Gasteiger partial charge in [0.2, 0.25) is 59.5 Å². The lowest BCUT2D eigenvalue weighted by atomic mass is 10.8. The second kappa shape index (κ2) is 15.9. The van der Waals surface area contributed by atoms with E-state index in [1.807, 2.05) is 0 Å². The van der Waals surface area contributed by atoms with Gasteiger partial charge in [0.05, 0.1) is 0 Å². The first kappa shape index (κ1) is 31.8. The molecule has 44 heavy (non-hydrogen) atoms. The summed E-state index contributed by atoms with van der Waals surface area (Å²) < 4.78 is 0. The molecule has 4 heterocycles. The van der Waals surface area contributed by atoms with E-state index in [4.69, 9.17) is 46.7 Å². The lowest BCUT2D eigenvalue weighted by Crippen LogP contribution is -2.21. The first-order valence-electron chi connectivity index (χ1n) is 11.1. The second-order valence-electron chi connectivity index (χ2n) is 6.78. The number of azo groups is 1. The van der Waals surface area contributed by atoms with Gasteiger partial charge in [-0.1, -0.05) is 0 Å². The van der Waals surface area contributed by atoms with E-state index in [0.29, 0.717) is 0 Å². The van der Waals surface area contributed by atoms with Crippen LogP contribution in [0.2, 0.25) is 0 Å². The van der Waals surface area contributed by atoms with Gasteiger partial charge in [-0.3, -0.25) is 54.3 Å². The van der Waals surface area contributed by atoms with Gasteiger partial charge in [-0.25, -0.2) is 46.7 Å². The van der Waals surface area contributed by atoms with E-state index in [2.05, 4.69) is 124 Å². The monoisotopic (exact) mass is 618 g/mol. The van der Waals surface area contributed by atoms with E-state index in [-0.39, 0.29) is 71.4 Å². The molecule has 0 aliphatic rings. The number of anilines is 10. The van der Waals surface area contributed by atoms with Gasteiger partial charge in [0.25, 0.3) is 11.9 Å². The van der Waals surface area contributed by atoms with Crippen molar-refractivity contribution in [1.82, 2.24) is 59.8 Å². The maximum atomic E-state index is 5.23. The molecule has 4 aromatic heterocycles. The van der Waals surface area contributed by atoms with Crippen LogP contribution in [0, 0.1) is 0 Å². The van der Waals surface area contributed by atoms with Crippen LogP contribution >= 0.6 is 0 Å². The molecule has 0 bridgehead atoms. The number of hydrogen-bond acceptors (Lipinski definition) is 32. The van der Waals surface area contributed by atoms with E-state index in [1.165, 1.54) is 0 Å². The van der Waals surface area contributed by atoms with Crippen LogP contribution in [0.15, 0.2) is 10.2 Å². The van der Waals surface area contributed by atoms with Crippen LogP contribution in [0.4, 0.5) is 71.4 Å². The lowest BCUT2D eigenvalue weighted by Gasteiger charge is -2.10. The van der Waals surface area contributed by atoms with Gasteiger partial charge < -0.3 is 0 Å². The standard InChI is InChI=1S/C6H14N16.C6H12N16/c2*7-17-1-11-2(18-8)14-5(13-1)21-22-6-15-3(19-9)12-4(16-6)20-10/h7-10H2,(H3,11,13,14,17,18,21)(H3,12,15,16,19,20,22);7-10H2,(H2,11,13,14,17,18)(H2,12,15,16,19,20). The minimum absolute atomic E-state index is 0.0289. The highest BCUT2D eigenvalue weighted by Gasteiger charge is 2.09. The van der Waals surface area contributed by atoms with Gasteiger partial charge >= 0.3 is 0 Å². The Kier molecular flexibility index (Phi) is 11.5. The summed E-state index contributed by atoms with van der Waals surface area (Å²) in [7, 11) is 0. The van der Waals surface area contributed by atoms with Crippen molar-refractivity contribution in [3.63, 3.8) is 0 Å². The maximum absolute atomic E-state index is 5.23. The molecule has 0 saturated heterocycles. The summed E-state index contributed by atoms with van der Waals surface area (Å²) in [6, 6.07) is 0. The van der Waals surface area contributed by atoms with Crippen molar-refractivity contribution in [2.45, 2.75) is 0 Å². The number of hydrogen-bond donors (Lipinski definition) is 18. The molecule has 234 valence electrons. The molecule has 4 aromatic rings. The molecule has 0 aliphatic carbocycles. The second-order valence-corrected chi connectivity index (χ2v) is 6.78. The van der Waals surface area contributed by atoms with Crippen LogP contribution < -0.4 is 101 Å². The third-order valence-corrected chi connectivity index (χ3v) is 4.07. The van der Waals surface area contributed by atoms with E-state index in [0.717, 1.165) is 0 Å². The summed E-state index contributed by atoms with van der Waals surface area (Å²) in [5.74, 6) is 42.1. The van der Waals surface area contributed by atoms with Crippen LogP contribution in [0.1, 0.15) is 0 Å². The molecular formula is C12H26N32. The summed E-state index contributed by atoms with van der Waals surface area (Å²) >= 11 is 0. The van der Waals surface area contributed by atoms with Crippen molar-refractivity contribution < 1.29 is 0 Å². The number of aromatic nitrogens is 12. The van der Waals surface area contributed by atoms with Gasteiger partial charge in [0.15, 0.2) is 0 Å². The topological polar surface area (TPSA) is 508 Å². The zero-order chi connectivity index (χ0) is 31.9. The molecule has 26 N–H and O–H groups in total. The first-order valence-corrected chi connectivity index (χ1v) is 11.1. The van der Waals surface area contributed by atoms with Crippen molar-refractivity contribution in [3.8, 4) is 0 Å². The Labute approximate surface area is 243 Å². The average Bonchev–Trinajstić information content (AvgIpc) is 3.09. The molecular weight excluding hydrogens is 592 g/mol. The van der Waals surface area contributed by atoms with Crippen molar-refractivity contribution in [3.05, 3.63) is 0 Å². The number of nitrogens with two attached hydrogens (primary N) is 8. The first-order chi connectivity index (χ1) is 21.4. The highest BCUT2D eigenvalue weighted by atomic mass is 15.5. The predicted molar refractivity (Wildman–Crippen MR) is 153 cm³/mol. The Morgan fingerprint density at radius 1 is 0.273 bits per heavy atom. The fourth-order valence-electron chi connectivity index (χ4n) is 2.40. The minimum Gasteiger partial charge on any atom is -0.292 e. The molecule has 0 spiro atoms. The van der Waals surface area contributed by atoms with Gasteiger partial charge in [0.1, 0.15) is 0 Å². The van der Waals surface area contributed by atoms with E-state index >= 15 is 0 Å². The number of nitrogens with one attached hydrogen (secondary N) is 10. The van der Waals surface area contributed by atoms with Crippen molar-refractivity contribution in [2.24, 2.45) is 57.0 Å². The van der Waals surface area contributed by atoms with Crippen LogP contribution in [0.25, 0.3) is 0 Å². The van der Waals surface area contributed by atoms with Crippen LogP contribution in [0.3, 0.4) is 0 Å². The number of nitrogen functional groups attached to an aromatic ring is 8. The highest BCUT2D eigenvalue weighted by molar-refractivity contribution is 5.47. The maximum Gasteiger partial charge on any atom is 0.275 e. The quantitative estimate of drug-likeness (QED) is 0.0376. The van der Waals surface area contributed by atoms with Crippen molar-refractivity contribution >= 4 is 71.4 Å². The molecule has 0 aliphatic heterocycles. The largest absolute Gasteiger partial charge is 0.292 e. The number of nitrogens with zero attached hydrogens (tertiary/aromatic N) is 14. The minimum atomic E-state index is -0.0965. The SMILES string of the molecule is NNc1nc(N=Nc2nc(NN)nc(NN)n2)nc(NN)n1.NNc1nc(NN)nc(NNc2nc(NN)nc(NN)n2)n1. The molecule has 32 nitrogen and oxygen atoms in total.